The third kappa shape index (κ3) is 5.01. The van der Waals surface area contributed by atoms with Crippen molar-refractivity contribution in [2.75, 3.05) is 26.1 Å². The quantitative estimate of drug-likeness (QED) is 0.263. The van der Waals surface area contributed by atoms with E-state index in [9.17, 15) is 24.6 Å². The van der Waals surface area contributed by atoms with Gasteiger partial charge >= 0.3 is 5.97 Å². The molecule has 1 aliphatic rings. The average Bonchev–Trinajstić information content (AvgIpc) is 3.13. The molecule has 0 spiro atoms. The van der Waals surface area contributed by atoms with E-state index in [-0.39, 0.29) is 29.0 Å². The molecule has 1 unspecified atom stereocenters. The highest BCUT2D eigenvalue weighted by atomic mass is 35.5. The molecular formula is C28H25ClN2O6. The predicted molar refractivity (Wildman–Crippen MR) is 140 cm³/mol. The van der Waals surface area contributed by atoms with E-state index in [2.05, 4.69) is 0 Å². The summed E-state index contributed by atoms with van der Waals surface area (Å²) in [4.78, 5) is 41.1. The molecule has 1 saturated heterocycles. The van der Waals surface area contributed by atoms with Crippen LogP contribution in [0.25, 0.3) is 5.76 Å². The third-order valence-corrected chi connectivity index (χ3v) is 6.56. The number of anilines is 1. The number of halogens is 1. The Morgan fingerprint density at radius 1 is 0.973 bits per heavy atom. The van der Waals surface area contributed by atoms with Gasteiger partial charge in [0.25, 0.3) is 11.7 Å². The zero-order valence-corrected chi connectivity index (χ0v) is 21.2. The monoisotopic (exact) mass is 520 g/mol. The van der Waals surface area contributed by atoms with Crippen molar-refractivity contribution in [2.24, 2.45) is 0 Å². The van der Waals surface area contributed by atoms with Crippen molar-refractivity contribution in [1.29, 1.82) is 0 Å². The topological polar surface area (TPSA) is 107 Å². The van der Waals surface area contributed by atoms with Gasteiger partial charge in [0.2, 0.25) is 0 Å². The van der Waals surface area contributed by atoms with E-state index in [0.717, 1.165) is 5.69 Å². The number of rotatable bonds is 7. The number of aliphatic hydroxyl groups excluding tert-OH is 1. The number of benzene rings is 3. The molecule has 0 radical (unpaired) electrons. The number of hydrogen-bond donors (Lipinski definition) is 2. The lowest BCUT2D eigenvalue weighted by atomic mass is 9.94. The molecule has 1 atom stereocenters. The van der Waals surface area contributed by atoms with Crippen molar-refractivity contribution in [3.8, 4) is 5.75 Å². The number of nitrogens with zero attached hydrogens (tertiary/aromatic N) is 2. The number of methoxy groups -OCH3 is 1. The molecule has 1 fully saturated rings. The van der Waals surface area contributed by atoms with E-state index >= 15 is 0 Å². The molecule has 1 amide bonds. The first-order chi connectivity index (χ1) is 17.6. The van der Waals surface area contributed by atoms with E-state index in [4.69, 9.17) is 16.3 Å². The van der Waals surface area contributed by atoms with Gasteiger partial charge in [-0.3, -0.25) is 9.59 Å². The Balaban J connectivity index is 1.84. The molecular weight excluding hydrogens is 496 g/mol. The molecule has 2 N–H and O–H groups in total. The van der Waals surface area contributed by atoms with Crippen molar-refractivity contribution in [2.45, 2.75) is 12.6 Å². The summed E-state index contributed by atoms with van der Waals surface area (Å²) in [5.74, 6) is -2.70. The Hall–Kier alpha value is -4.30. The second kappa shape index (κ2) is 10.4. The molecule has 0 saturated carbocycles. The van der Waals surface area contributed by atoms with Crippen LogP contribution in [-0.4, -0.2) is 54.0 Å². The molecule has 3 aromatic rings. The predicted octanol–water partition coefficient (Wildman–Crippen LogP) is 4.73. The number of carbonyl (C=O) groups excluding carboxylic acids is 2. The summed E-state index contributed by atoms with van der Waals surface area (Å²) in [6.45, 7) is 0.0330. The van der Waals surface area contributed by atoms with Gasteiger partial charge in [0.05, 0.1) is 29.3 Å². The zero-order valence-electron chi connectivity index (χ0n) is 20.4. The molecule has 1 aliphatic heterocycles. The van der Waals surface area contributed by atoms with Gasteiger partial charge in [-0.1, -0.05) is 35.9 Å². The lowest BCUT2D eigenvalue weighted by Crippen LogP contribution is -2.29. The van der Waals surface area contributed by atoms with Gasteiger partial charge < -0.3 is 24.7 Å². The molecule has 1 heterocycles. The maximum absolute atomic E-state index is 13.3. The number of likely N-dealkylation sites (tertiary alicyclic amines) is 1. The molecule has 3 aromatic carbocycles. The highest BCUT2D eigenvalue weighted by Crippen LogP contribution is 2.41. The summed E-state index contributed by atoms with van der Waals surface area (Å²) in [6, 6.07) is 17.1. The van der Waals surface area contributed by atoms with Crippen molar-refractivity contribution < 1.29 is 29.3 Å². The number of carboxylic acid groups (broad SMARTS) is 1. The SMILES string of the molecule is COc1cc(/C(O)=C2/C(=O)C(=O)N(Cc3ccc(C(=O)O)cc3)C2c2ccc(N(C)C)cc2)ccc1Cl. The summed E-state index contributed by atoms with van der Waals surface area (Å²) in [6.07, 6.45) is 0. The fourth-order valence-corrected chi connectivity index (χ4v) is 4.45. The zero-order chi connectivity index (χ0) is 26.9. The molecule has 0 aliphatic carbocycles. The minimum Gasteiger partial charge on any atom is -0.507 e. The van der Waals surface area contributed by atoms with Gasteiger partial charge in [-0.15, -0.1) is 0 Å². The van der Waals surface area contributed by atoms with Crippen LogP contribution < -0.4 is 9.64 Å². The molecule has 8 nitrogen and oxygen atoms in total. The number of ether oxygens (including phenoxy) is 1. The Bertz CT molecular complexity index is 1400. The summed E-state index contributed by atoms with van der Waals surface area (Å²) < 4.78 is 5.25. The summed E-state index contributed by atoms with van der Waals surface area (Å²) in [5.41, 5.74) is 2.52. The third-order valence-electron chi connectivity index (χ3n) is 6.24. The molecule has 0 aromatic heterocycles. The number of aromatic carboxylic acids is 1. The number of amides is 1. The van der Waals surface area contributed by atoms with Crippen LogP contribution in [0.4, 0.5) is 5.69 Å². The van der Waals surface area contributed by atoms with Gasteiger partial charge in [0, 0.05) is 31.9 Å². The van der Waals surface area contributed by atoms with Gasteiger partial charge in [0.15, 0.2) is 0 Å². The Morgan fingerprint density at radius 2 is 1.59 bits per heavy atom. The lowest BCUT2D eigenvalue weighted by molar-refractivity contribution is -0.140. The second-order valence-corrected chi connectivity index (χ2v) is 9.17. The number of carbonyl (C=O) groups is 3. The number of aliphatic hydroxyl groups is 1. The highest BCUT2D eigenvalue weighted by Gasteiger charge is 2.46. The summed E-state index contributed by atoms with van der Waals surface area (Å²) >= 11 is 6.13. The number of Topliss-reactive ketones (excluding diaryl/α,β-unsaturated/α-hetero) is 1. The lowest BCUT2D eigenvalue weighted by Gasteiger charge is -2.26. The van der Waals surface area contributed by atoms with Gasteiger partial charge in [-0.05, 0) is 53.6 Å². The minimum atomic E-state index is -1.06. The van der Waals surface area contributed by atoms with Crippen LogP contribution >= 0.6 is 11.6 Å². The molecule has 9 heteroatoms. The van der Waals surface area contributed by atoms with Crippen LogP contribution in [0.15, 0.2) is 72.3 Å². The van der Waals surface area contributed by atoms with E-state index in [1.165, 1.54) is 36.3 Å². The standard InChI is InChI=1S/C28H25ClN2O6/c1-30(2)20-11-8-17(9-12-20)24-23(25(32)19-10-13-21(29)22(14-19)37-3)26(33)27(34)31(24)15-16-4-6-18(7-5-16)28(35)36/h4-14,24,32H,15H2,1-3H3,(H,35,36)/b25-23-. The van der Waals surface area contributed by atoms with Crippen LogP contribution in [0.2, 0.25) is 5.02 Å². The number of carboxylic acids is 1. The van der Waals surface area contributed by atoms with Crippen molar-refractivity contribution >= 4 is 40.7 Å². The normalized spacial score (nSPS) is 16.6. The first-order valence-electron chi connectivity index (χ1n) is 11.3. The fourth-order valence-electron chi connectivity index (χ4n) is 4.26. The molecule has 37 heavy (non-hydrogen) atoms. The number of ketones is 1. The summed E-state index contributed by atoms with van der Waals surface area (Å²) in [5, 5.41) is 20.8. The van der Waals surface area contributed by atoms with Crippen LogP contribution in [-0.2, 0) is 16.1 Å². The molecule has 0 bridgehead atoms. The smallest absolute Gasteiger partial charge is 0.335 e. The van der Waals surface area contributed by atoms with Crippen molar-refractivity contribution in [3.05, 3.63) is 99.6 Å². The van der Waals surface area contributed by atoms with Crippen LogP contribution in [0.3, 0.4) is 0 Å². The minimum absolute atomic E-state index is 0.0330. The van der Waals surface area contributed by atoms with E-state index in [1.807, 2.05) is 43.3 Å². The second-order valence-electron chi connectivity index (χ2n) is 8.76. The van der Waals surface area contributed by atoms with E-state index < -0.39 is 23.7 Å². The highest BCUT2D eigenvalue weighted by molar-refractivity contribution is 6.46. The van der Waals surface area contributed by atoms with Crippen LogP contribution in [0, 0.1) is 0 Å². The first-order valence-corrected chi connectivity index (χ1v) is 11.7. The largest absolute Gasteiger partial charge is 0.507 e. The van der Waals surface area contributed by atoms with E-state index in [1.54, 1.807) is 18.2 Å². The van der Waals surface area contributed by atoms with Crippen LogP contribution in [0.1, 0.15) is 33.1 Å². The summed E-state index contributed by atoms with van der Waals surface area (Å²) in [7, 11) is 5.23. The molecule has 190 valence electrons. The van der Waals surface area contributed by atoms with Crippen molar-refractivity contribution in [1.82, 2.24) is 4.90 Å². The Labute approximate surface area is 219 Å². The van der Waals surface area contributed by atoms with Gasteiger partial charge in [-0.2, -0.15) is 0 Å². The van der Waals surface area contributed by atoms with Crippen molar-refractivity contribution in [3.63, 3.8) is 0 Å². The first kappa shape index (κ1) is 25.8. The van der Waals surface area contributed by atoms with E-state index in [0.29, 0.717) is 21.9 Å². The number of hydrogen-bond acceptors (Lipinski definition) is 6. The van der Waals surface area contributed by atoms with Gasteiger partial charge in [0.1, 0.15) is 11.5 Å². The molecule has 4 rings (SSSR count). The Morgan fingerprint density at radius 3 is 2.16 bits per heavy atom. The Kier molecular flexibility index (Phi) is 7.22. The maximum Gasteiger partial charge on any atom is 0.335 e. The van der Waals surface area contributed by atoms with Gasteiger partial charge in [-0.25, -0.2) is 4.79 Å². The maximum atomic E-state index is 13.3. The average molecular weight is 521 g/mol. The fraction of sp³-hybridized carbons (Fsp3) is 0.179. The van der Waals surface area contributed by atoms with Crippen LogP contribution in [0.5, 0.6) is 5.75 Å².